The normalized spacial score (nSPS) is 12.7. The summed E-state index contributed by atoms with van der Waals surface area (Å²) in [6, 6.07) is 0. The van der Waals surface area contributed by atoms with Crippen molar-refractivity contribution in [3.05, 3.63) is 27.9 Å². The van der Waals surface area contributed by atoms with E-state index in [1.165, 1.54) is 4.88 Å². The number of hydrogen-bond donors (Lipinski definition) is 0. The molecule has 0 amide bonds. The van der Waals surface area contributed by atoms with Gasteiger partial charge in [0.25, 0.3) is 0 Å². The Morgan fingerprint density at radius 2 is 1.62 bits per heavy atom. The standard InChI is InChI=1S/C19H31N3OS/c1-12-15(23-14(3)20-12)19(7,8)10-11-22(9)17-21-13(2)16(24-17)18(4,5)6/h10-11H2,1-9H3. The molecule has 5 heteroatoms. The van der Waals surface area contributed by atoms with E-state index < -0.39 is 0 Å². The molecule has 0 unspecified atom stereocenters. The second kappa shape index (κ2) is 6.51. The Hall–Kier alpha value is -1.36. The van der Waals surface area contributed by atoms with Gasteiger partial charge in [-0.3, -0.25) is 0 Å². The third-order valence-electron chi connectivity index (χ3n) is 4.38. The van der Waals surface area contributed by atoms with Crippen LogP contribution in [0, 0.1) is 20.8 Å². The first-order valence-electron chi connectivity index (χ1n) is 8.55. The maximum atomic E-state index is 5.84. The fourth-order valence-corrected chi connectivity index (χ4v) is 4.17. The molecular formula is C19H31N3OS. The molecule has 0 aliphatic rings. The Balaban J connectivity index is 2.10. The molecule has 0 saturated carbocycles. The van der Waals surface area contributed by atoms with Crippen molar-refractivity contribution < 1.29 is 4.42 Å². The Labute approximate surface area is 150 Å². The Morgan fingerprint density at radius 1 is 1.00 bits per heavy atom. The first kappa shape index (κ1) is 19.0. The number of nitrogens with zero attached hydrogens (tertiary/aromatic N) is 3. The fraction of sp³-hybridized carbons (Fsp3) is 0.684. The Morgan fingerprint density at radius 3 is 2.08 bits per heavy atom. The Bertz CT molecular complexity index is 707. The first-order valence-corrected chi connectivity index (χ1v) is 9.37. The molecule has 4 nitrogen and oxygen atoms in total. The van der Waals surface area contributed by atoms with Crippen LogP contribution in [0.25, 0.3) is 0 Å². The van der Waals surface area contributed by atoms with E-state index in [4.69, 9.17) is 9.40 Å². The molecule has 0 spiro atoms. The zero-order valence-corrected chi connectivity index (χ0v) is 17.4. The molecule has 0 aromatic carbocycles. The molecule has 0 bridgehead atoms. The van der Waals surface area contributed by atoms with Gasteiger partial charge in [-0.1, -0.05) is 34.6 Å². The van der Waals surface area contributed by atoms with Crippen LogP contribution in [0.4, 0.5) is 5.13 Å². The van der Waals surface area contributed by atoms with E-state index in [1.54, 1.807) is 0 Å². The molecular weight excluding hydrogens is 318 g/mol. The largest absolute Gasteiger partial charge is 0.445 e. The summed E-state index contributed by atoms with van der Waals surface area (Å²) < 4.78 is 5.84. The molecule has 134 valence electrons. The highest BCUT2D eigenvalue weighted by molar-refractivity contribution is 7.15. The molecule has 0 saturated heterocycles. The summed E-state index contributed by atoms with van der Waals surface area (Å²) in [5, 5.41) is 1.10. The number of thiazole rings is 1. The van der Waals surface area contributed by atoms with E-state index in [2.05, 4.69) is 58.5 Å². The molecule has 0 radical (unpaired) electrons. The number of aromatic nitrogens is 2. The van der Waals surface area contributed by atoms with E-state index in [-0.39, 0.29) is 10.8 Å². The third kappa shape index (κ3) is 4.00. The summed E-state index contributed by atoms with van der Waals surface area (Å²) in [7, 11) is 2.12. The summed E-state index contributed by atoms with van der Waals surface area (Å²) in [5.41, 5.74) is 2.25. The van der Waals surface area contributed by atoms with Gasteiger partial charge in [0, 0.05) is 30.8 Å². The summed E-state index contributed by atoms with van der Waals surface area (Å²) in [5.74, 6) is 1.74. The molecule has 2 heterocycles. The molecule has 24 heavy (non-hydrogen) atoms. The number of anilines is 1. The van der Waals surface area contributed by atoms with Crippen molar-refractivity contribution in [1.82, 2.24) is 9.97 Å². The molecule has 0 aliphatic heterocycles. The maximum Gasteiger partial charge on any atom is 0.191 e. The molecule has 0 aliphatic carbocycles. The predicted octanol–water partition coefficient (Wildman–Crippen LogP) is 5.16. The van der Waals surface area contributed by atoms with E-state index in [9.17, 15) is 0 Å². The number of aryl methyl sites for hydroxylation is 3. The molecule has 2 rings (SSSR count). The van der Waals surface area contributed by atoms with Gasteiger partial charge in [-0.2, -0.15) is 0 Å². The lowest BCUT2D eigenvalue weighted by Gasteiger charge is -2.26. The fourth-order valence-electron chi connectivity index (χ4n) is 3.06. The van der Waals surface area contributed by atoms with Crippen molar-refractivity contribution in [3.63, 3.8) is 0 Å². The van der Waals surface area contributed by atoms with Crippen LogP contribution in [-0.4, -0.2) is 23.6 Å². The zero-order chi connectivity index (χ0) is 18.3. The number of hydrogen-bond acceptors (Lipinski definition) is 5. The van der Waals surface area contributed by atoms with Crippen molar-refractivity contribution in [3.8, 4) is 0 Å². The van der Waals surface area contributed by atoms with Crippen LogP contribution in [-0.2, 0) is 10.8 Å². The first-order chi connectivity index (χ1) is 10.9. The van der Waals surface area contributed by atoms with Crippen LogP contribution in [0.5, 0.6) is 0 Å². The van der Waals surface area contributed by atoms with Crippen LogP contribution in [0.3, 0.4) is 0 Å². The second-order valence-electron chi connectivity index (χ2n) is 8.36. The summed E-state index contributed by atoms with van der Waals surface area (Å²) in [6.07, 6.45) is 0.989. The Kier molecular flexibility index (Phi) is 5.14. The van der Waals surface area contributed by atoms with Gasteiger partial charge in [-0.25, -0.2) is 9.97 Å². The van der Waals surface area contributed by atoms with E-state index in [1.807, 2.05) is 25.2 Å². The zero-order valence-electron chi connectivity index (χ0n) is 16.6. The van der Waals surface area contributed by atoms with Crippen LogP contribution in [0.15, 0.2) is 4.42 Å². The van der Waals surface area contributed by atoms with Crippen LogP contribution in [0.2, 0.25) is 0 Å². The van der Waals surface area contributed by atoms with Crippen molar-refractivity contribution in [2.75, 3.05) is 18.5 Å². The second-order valence-corrected chi connectivity index (χ2v) is 9.34. The van der Waals surface area contributed by atoms with E-state index >= 15 is 0 Å². The smallest absolute Gasteiger partial charge is 0.191 e. The lowest BCUT2D eigenvalue weighted by atomic mass is 9.85. The maximum absolute atomic E-state index is 5.84. The van der Waals surface area contributed by atoms with Gasteiger partial charge in [0.05, 0.1) is 11.4 Å². The highest BCUT2D eigenvalue weighted by Gasteiger charge is 2.29. The highest BCUT2D eigenvalue weighted by atomic mass is 32.1. The van der Waals surface area contributed by atoms with Crippen molar-refractivity contribution in [2.24, 2.45) is 0 Å². The van der Waals surface area contributed by atoms with Crippen molar-refractivity contribution >= 4 is 16.5 Å². The minimum atomic E-state index is -0.0429. The van der Waals surface area contributed by atoms with Gasteiger partial charge in [0.2, 0.25) is 0 Å². The van der Waals surface area contributed by atoms with Crippen molar-refractivity contribution in [2.45, 2.75) is 72.6 Å². The van der Waals surface area contributed by atoms with Crippen LogP contribution in [0.1, 0.15) is 69.0 Å². The SMILES string of the molecule is Cc1nc(C)c(C(C)(C)CCN(C)c2nc(C)c(C(C)(C)C)s2)o1. The topological polar surface area (TPSA) is 42.2 Å². The monoisotopic (exact) mass is 349 g/mol. The predicted molar refractivity (Wildman–Crippen MR) is 102 cm³/mol. The molecule has 0 N–H and O–H groups in total. The summed E-state index contributed by atoms with van der Waals surface area (Å²) in [6.45, 7) is 18.2. The lowest BCUT2D eigenvalue weighted by molar-refractivity contribution is 0.353. The molecule has 0 atom stereocenters. The van der Waals surface area contributed by atoms with Crippen LogP contribution < -0.4 is 4.90 Å². The van der Waals surface area contributed by atoms with E-state index in [0.29, 0.717) is 0 Å². The minimum absolute atomic E-state index is 0.0429. The van der Waals surface area contributed by atoms with Crippen molar-refractivity contribution in [1.29, 1.82) is 0 Å². The average molecular weight is 350 g/mol. The lowest BCUT2D eigenvalue weighted by Crippen LogP contribution is -2.27. The van der Waals surface area contributed by atoms with Crippen LogP contribution >= 0.6 is 11.3 Å². The highest BCUT2D eigenvalue weighted by Crippen LogP contribution is 2.36. The molecule has 2 aromatic rings. The molecule has 2 aromatic heterocycles. The van der Waals surface area contributed by atoms with E-state index in [0.717, 1.165) is 41.1 Å². The van der Waals surface area contributed by atoms with Gasteiger partial charge in [-0.15, -0.1) is 11.3 Å². The minimum Gasteiger partial charge on any atom is -0.445 e. The number of oxazole rings is 1. The average Bonchev–Trinajstić information content (AvgIpc) is 2.99. The van der Waals surface area contributed by atoms with Gasteiger partial charge in [0.15, 0.2) is 11.0 Å². The van der Waals surface area contributed by atoms with Gasteiger partial charge < -0.3 is 9.32 Å². The van der Waals surface area contributed by atoms with Gasteiger partial charge in [-0.05, 0) is 25.7 Å². The quantitative estimate of drug-likeness (QED) is 0.748. The molecule has 0 fully saturated rings. The third-order valence-corrected chi connectivity index (χ3v) is 6.08. The van der Waals surface area contributed by atoms with Gasteiger partial charge >= 0.3 is 0 Å². The number of rotatable bonds is 5. The van der Waals surface area contributed by atoms with Gasteiger partial charge in [0.1, 0.15) is 5.76 Å². The summed E-state index contributed by atoms with van der Waals surface area (Å²) >= 11 is 1.81. The summed E-state index contributed by atoms with van der Waals surface area (Å²) in [4.78, 5) is 12.8.